The molecular formula is C7H12N. The van der Waals surface area contributed by atoms with Gasteiger partial charge in [-0.3, -0.25) is 0 Å². The number of allylic oxidation sites excluding steroid dienone is 1. The summed E-state index contributed by atoms with van der Waals surface area (Å²) in [6.07, 6.45) is 8.24. The lowest BCUT2D eigenvalue weighted by molar-refractivity contribution is 0.637. The molecule has 0 saturated carbocycles. The van der Waals surface area contributed by atoms with Crippen LogP contribution in [0.25, 0.3) is 0 Å². The first-order valence-corrected chi connectivity index (χ1v) is 3.28. The minimum Gasteiger partial charge on any atom is -0.238 e. The summed E-state index contributed by atoms with van der Waals surface area (Å²) in [4.78, 5) is 0. The van der Waals surface area contributed by atoms with Crippen molar-refractivity contribution in [2.45, 2.75) is 19.3 Å². The maximum absolute atomic E-state index is 4.24. The van der Waals surface area contributed by atoms with Gasteiger partial charge in [0.1, 0.15) is 0 Å². The van der Waals surface area contributed by atoms with Gasteiger partial charge in [-0.15, -0.1) is 0 Å². The average molecular weight is 110 g/mol. The molecule has 1 aliphatic rings. The van der Waals surface area contributed by atoms with Gasteiger partial charge >= 0.3 is 0 Å². The molecule has 0 fully saturated rings. The fraction of sp³-hybridized carbons (Fsp3) is 0.714. The maximum atomic E-state index is 4.24. The monoisotopic (exact) mass is 110 g/mol. The largest absolute Gasteiger partial charge is 0.238 e. The van der Waals surface area contributed by atoms with Crippen LogP contribution < -0.4 is 5.32 Å². The summed E-state index contributed by atoms with van der Waals surface area (Å²) in [5.41, 5.74) is 0. The molecule has 0 aliphatic carbocycles. The van der Waals surface area contributed by atoms with E-state index in [-0.39, 0.29) is 0 Å². The van der Waals surface area contributed by atoms with E-state index < -0.39 is 0 Å². The predicted octanol–water partition coefficient (Wildman–Crippen LogP) is 1.33. The predicted molar refractivity (Wildman–Crippen MR) is 34.9 cm³/mol. The lowest BCUT2D eigenvalue weighted by atomic mass is 10.2. The van der Waals surface area contributed by atoms with Crippen molar-refractivity contribution in [1.82, 2.24) is 5.32 Å². The molecule has 0 aromatic rings. The Morgan fingerprint density at radius 2 is 2.12 bits per heavy atom. The summed E-state index contributed by atoms with van der Waals surface area (Å²) >= 11 is 0. The van der Waals surface area contributed by atoms with Crippen molar-refractivity contribution in [3.05, 3.63) is 12.2 Å². The lowest BCUT2D eigenvalue weighted by Gasteiger charge is -2.00. The third-order valence-electron chi connectivity index (χ3n) is 1.34. The van der Waals surface area contributed by atoms with Crippen LogP contribution >= 0.6 is 0 Å². The zero-order valence-corrected chi connectivity index (χ0v) is 5.14. The van der Waals surface area contributed by atoms with Crippen LogP contribution in [0, 0.1) is 0 Å². The highest BCUT2D eigenvalue weighted by molar-refractivity contribution is 4.84. The molecule has 0 aromatic carbocycles. The summed E-state index contributed by atoms with van der Waals surface area (Å²) in [6.45, 7) is 2.02. The second-order valence-corrected chi connectivity index (χ2v) is 2.10. The molecule has 0 spiro atoms. The first-order chi connectivity index (χ1) is 4.00. The molecule has 1 heterocycles. The Bertz CT molecular complexity index is 66.5. The van der Waals surface area contributed by atoms with Crippen molar-refractivity contribution < 1.29 is 0 Å². The molecule has 1 rings (SSSR count). The maximum Gasteiger partial charge on any atom is 0.0314 e. The van der Waals surface area contributed by atoms with E-state index >= 15 is 0 Å². The van der Waals surface area contributed by atoms with E-state index in [1.165, 1.54) is 19.3 Å². The molecule has 8 heavy (non-hydrogen) atoms. The topological polar surface area (TPSA) is 14.1 Å². The molecule has 0 N–H and O–H groups in total. The van der Waals surface area contributed by atoms with E-state index in [1.54, 1.807) is 0 Å². The van der Waals surface area contributed by atoms with Gasteiger partial charge in [-0.1, -0.05) is 12.2 Å². The van der Waals surface area contributed by atoms with Gasteiger partial charge in [0.25, 0.3) is 0 Å². The van der Waals surface area contributed by atoms with Crippen molar-refractivity contribution in [3.8, 4) is 0 Å². The van der Waals surface area contributed by atoms with Gasteiger partial charge < -0.3 is 0 Å². The van der Waals surface area contributed by atoms with Gasteiger partial charge in [-0.05, 0) is 19.3 Å². The van der Waals surface area contributed by atoms with Crippen LogP contribution in [0.2, 0.25) is 0 Å². The van der Waals surface area contributed by atoms with Crippen LogP contribution in [-0.2, 0) is 0 Å². The van der Waals surface area contributed by atoms with Crippen LogP contribution in [0.3, 0.4) is 0 Å². The summed E-state index contributed by atoms with van der Waals surface area (Å²) in [5.74, 6) is 0. The van der Waals surface area contributed by atoms with Crippen LogP contribution in [0.4, 0.5) is 0 Å². The summed E-state index contributed by atoms with van der Waals surface area (Å²) in [7, 11) is 0. The summed E-state index contributed by atoms with van der Waals surface area (Å²) < 4.78 is 0. The minimum absolute atomic E-state index is 0.944. The SMILES string of the molecule is C1=CC[N]CCCC1. The quantitative estimate of drug-likeness (QED) is 0.418. The molecule has 45 valence electrons. The van der Waals surface area contributed by atoms with Crippen LogP contribution in [-0.4, -0.2) is 13.1 Å². The van der Waals surface area contributed by atoms with E-state index in [1.807, 2.05) is 0 Å². The van der Waals surface area contributed by atoms with E-state index in [4.69, 9.17) is 0 Å². The minimum atomic E-state index is 0.944. The molecule has 0 bridgehead atoms. The Kier molecular flexibility index (Phi) is 2.68. The Morgan fingerprint density at radius 3 is 3.12 bits per heavy atom. The highest BCUT2D eigenvalue weighted by atomic mass is 14.8. The lowest BCUT2D eigenvalue weighted by Crippen LogP contribution is -2.07. The summed E-state index contributed by atoms with van der Waals surface area (Å²) in [6, 6.07) is 0. The zero-order chi connectivity index (χ0) is 5.66. The van der Waals surface area contributed by atoms with E-state index in [9.17, 15) is 0 Å². The van der Waals surface area contributed by atoms with Crippen molar-refractivity contribution >= 4 is 0 Å². The first-order valence-electron chi connectivity index (χ1n) is 3.28. The number of hydrogen-bond acceptors (Lipinski definition) is 0. The van der Waals surface area contributed by atoms with Crippen molar-refractivity contribution in [2.24, 2.45) is 0 Å². The molecule has 0 aromatic heterocycles. The Hall–Kier alpha value is -0.300. The number of hydrogen-bond donors (Lipinski definition) is 0. The number of nitrogens with zero attached hydrogens (tertiary/aromatic N) is 1. The Morgan fingerprint density at radius 1 is 1.12 bits per heavy atom. The van der Waals surface area contributed by atoms with E-state index in [0.717, 1.165) is 13.1 Å². The first kappa shape index (κ1) is 5.83. The highest BCUT2D eigenvalue weighted by Crippen LogP contribution is 1.97. The van der Waals surface area contributed by atoms with Gasteiger partial charge in [-0.25, -0.2) is 5.32 Å². The average Bonchev–Trinajstić information content (AvgIpc) is 1.62. The van der Waals surface area contributed by atoms with E-state index in [0.29, 0.717) is 0 Å². The summed E-state index contributed by atoms with van der Waals surface area (Å²) in [5, 5.41) is 4.24. The second kappa shape index (κ2) is 3.67. The third kappa shape index (κ3) is 2.12. The highest BCUT2D eigenvalue weighted by Gasteiger charge is 1.89. The fourth-order valence-corrected chi connectivity index (χ4v) is 0.844. The van der Waals surface area contributed by atoms with Crippen LogP contribution in [0.15, 0.2) is 12.2 Å². The number of rotatable bonds is 0. The van der Waals surface area contributed by atoms with Crippen molar-refractivity contribution in [3.63, 3.8) is 0 Å². The molecule has 1 radical (unpaired) electrons. The van der Waals surface area contributed by atoms with Crippen molar-refractivity contribution in [1.29, 1.82) is 0 Å². The Balaban J connectivity index is 2.17. The van der Waals surface area contributed by atoms with Gasteiger partial charge in [-0.2, -0.15) is 0 Å². The van der Waals surface area contributed by atoms with Crippen molar-refractivity contribution in [2.75, 3.05) is 13.1 Å². The van der Waals surface area contributed by atoms with Crippen LogP contribution in [0.5, 0.6) is 0 Å². The van der Waals surface area contributed by atoms with Gasteiger partial charge in [0.05, 0.1) is 0 Å². The second-order valence-electron chi connectivity index (χ2n) is 2.10. The molecule has 0 amide bonds. The smallest absolute Gasteiger partial charge is 0.0314 e. The zero-order valence-electron chi connectivity index (χ0n) is 5.14. The molecular weight excluding hydrogens is 98.1 g/mol. The molecule has 1 aliphatic heterocycles. The molecule has 1 heteroatoms. The molecule has 0 unspecified atom stereocenters. The van der Waals surface area contributed by atoms with Gasteiger partial charge in [0, 0.05) is 13.1 Å². The standard InChI is InChI=1S/C7H12N/c1-2-4-6-8-7-5-3-1/h2,4H,1,3,5-7H2. The van der Waals surface area contributed by atoms with Crippen LogP contribution in [0.1, 0.15) is 19.3 Å². The fourth-order valence-electron chi connectivity index (χ4n) is 0.844. The Labute approximate surface area is 50.8 Å². The normalized spacial score (nSPS) is 22.0. The molecule has 0 atom stereocenters. The third-order valence-corrected chi connectivity index (χ3v) is 1.34. The van der Waals surface area contributed by atoms with Gasteiger partial charge in [0.2, 0.25) is 0 Å². The molecule has 1 nitrogen and oxygen atoms in total. The van der Waals surface area contributed by atoms with Gasteiger partial charge in [0.15, 0.2) is 0 Å². The molecule has 0 saturated heterocycles. The van der Waals surface area contributed by atoms with E-state index in [2.05, 4.69) is 17.5 Å².